The van der Waals surface area contributed by atoms with Crippen molar-refractivity contribution in [1.29, 1.82) is 0 Å². The van der Waals surface area contributed by atoms with Crippen molar-refractivity contribution >= 4 is 5.82 Å². The van der Waals surface area contributed by atoms with E-state index in [0.29, 0.717) is 13.0 Å². The number of anilines is 1. The lowest BCUT2D eigenvalue weighted by Gasteiger charge is -2.23. The molecule has 1 aliphatic rings. The van der Waals surface area contributed by atoms with E-state index in [1.54, 1.807) is 6.20 Å². The first-order chi connectivity index (χ1) is 6.81. The van der Waals surface area contributed by atoms with E-state index in [4.69, 9.17) is 5.11 Å². The molecule has 1 fully saturated rings. The fourth-order valence-electron chi connectivity index (χ4n) is 1.87. The van der Waals surface area contributed by atoms with Gasteiger partial charge in [0.25, 0.3) is 0 Å². The number of hydrogen-bond donors (Lipinski definition) is 2. The van der Waals surface area contributed by atoms with Crippen molar-refractivity contribution in [3.63, 3.8) is 0 Å². The molecule has 1 aliphatic heterocycles. The van der Waals surface area contributed by atoms with Crippen LogP contribution >= 0.6 is 0 Å². The van der Waals surface area contributed by atoms with Gasteiger partial charge in [0, 0.05) is 12.7 Å². The maximum Gasteiger partial charge on any atom is 0.128 e. The minimum Gasteiger partial charge on any atom is -0.394 e. The number of aliphatic hydroxyl groups excluding tert-OH is 2. The summed E-state index contributed by atoms with van der Waals surface area (Å²) in [4.78, 5) is 6.15. The maximum absolute atomic E-state index is 9.48. The summed E-state index contributed by atoms with van der Waals surface area (Å²) in [5, 5.41) is 18.6. The Bertz CT molecular complexity index is 291. The zero-order chi connectivity index (χ0) is 9.97. The monoisotopic (exact) mass is 194 g/mol. The molecule has 0 amide bonds. The number of aliphatic hydroxyl groups is 2. The van der Waals surface area contributed by atoms with Crippen LogP contribution in [-0.4, -0.2) is 40.5 Å². The molecular weight excluding hydrogens is 180 g/mol. The van der Waals surface area contributed by atoms with Crippen LogP contribution in [0.2, 0.25) is 0 Å². The third kappa shape index (κ3) is 1.71. The normalized spacial score (nSPS) is 26.9. The second-order valence-electron chi connectivity index (χ2n) is 3.57. The van der Waals surface area contributed by atoms with Gasteiger partial charge in [-0.05, 0) is 18.6 Å². The third-order valence-electron chi connectivity index (χ3n) is 2.55. The molecule has 1 aromatic rings. The molecule has 0 aromatic carbocycles. The van der Waals surface area contributed by atoms with Gasteiger partial charge in [-0.3, -0.25) is 0 Å². The van der Waals surface area contributed by atoms with E-state index in [9.17, 15) is 5.11 Å². The van der Waals surface area contributed by atoms with Gasteiger partial charge in [0.2, 0.25) is 0 Å². The smallest absolute Gasteiger partial charge is 0.128 e. The summed E-state index contributed by atoms with van der Waals surface area (Å²) in [6.07, 6.45) is 1.98. The van der Waals surface area contributed by atoms with Gasteiger partial charge in [0.1, 0.15) is 5.82 Å². The van der Waals surface area contributed by atoms with Crippen LogP contribution in [-0.2, 0) is 0 Å². The van der Waals surface area contributed by atoms with Gasteiger partial charge in [-0.1, -0.05) is 6.07 Å². The number of nitrogens with zero attached hydrogens (tertiary/aromatic N) is 2. The van der Waals surface area contributed by atoms with Gasteiger partial charge in [-0.25, -0.2) is 4.98 Å². The van der Waals surface area contributed by atoms with E-state index in [-0.39, 0.29) is 18.8 Å². The van der Waals surface area contributed by atoms with Crippen molar-refractivity contribution in [2.24, 2.45) is 0 Å². The highest BCUT2D eigenvalue weighted by molar-refractivity contribution is 5.41. The largest absolute Gasteiger partial charge is 0.394 e. The summed E-state index contributed by atoms with van der Waals surface area (Å²) in [6.45, 7) is 0.621. The topological polar surface area (TPSA) is 56.6 Å². The number of pyridine rings is 1. The highest BCUT2D eigenvalue weighted by Gasteiger charge is 2.30. The SMILES string of the molecule is OCC1CC(O)CN1c1ccccn1. The lowest BCUT2D eigenvalue weighted by atomic mass is 10.2. The quantitative estimate of drug-likeness (QED) is 0.696. The standard InChI is InChI=1S/C10H14N2O2/c13-7-8-5-9(14)6-12(8)10-3-1-2-4-11-10/h1-4,8-9,13-14H,5-7H2. The molecule has 2 heterocycles. The number of rotatable bonds is 2. The Morgan fingerprint density at radius 3 is 3.00 bits per heavy atom. The molecule has 2 atom stereocenters. The first-order valence-electron chi connectivity index (χ1n) is 4.78. The molecule has 2 unspecified atom stereocenters. The summed E-state index contributed by atoms with van der Waals surface area (Å²) >= 11 is 0. The second kappa shape index (κ2) is 3.94. The van der Waals surface area contributed by atoms with E-state index in [1.165, 1.54) is 0 Å². The lowest BCUT2D eigenvalue weighted by Crippen LogP contribution is -2.32. The van der Waals surface area contributed by atoms with Crippen LogP contribution in [0, 0.1) is 0 Å². The molecule has 0 radical (unpaired) electrons. The van der Waals surface area contributed by atoms with Crippen molar-refractivity contribution in [3.8, 4) is 0 Å². The fourth-order valence-corrected chi connectivity index (χ4v) is 1.87. The fraction of sp³-hybridized carbons (Fsp3) is 0.500. The molecule has 0 spiro atoms. The van der Waals surface area contributed by atoms with E-state index in [1.807, 2.05) is 23.1 Å². The maximum atomic E-state index is 9.48. The van der Waals surface area contributed by atoms with E-state index < -0.39 is 0 Å². The van der Waals surface area contributed by atoms with Crippen LogP contribution in [0.3, 0.4) is 0 Å². The molecule has 0 saturated carbocycles. The van der Waals surface area contributed by atoms with Crippen molar-refractivity contribution in [1.82, 2.24) is 4.98 Å². The van der Waals surface area contributed by atoms with Crippen molar-refractivity contribution in [2.75, 3.05) is 18.1 Å². The number of aromatic nitrogens is 1. The Balaban J connectivity index is 2.18. The molecule has 14 heavy (non-hydrogen) atoms. The minimum absolute atomic E-state index is 0.0000926. The van der Waals surface area contributed by atoms with E-state index >= 15 is 0 Å². The molecule has 4 heteroatoms. The van der Waals surface area contributed by atoms with Crippen LogP contribution in [0.15, 0.2) is 24.4 Å². The molecule has 4 nitrogen and oxygen atoms in total. The predicted molar refractivity (Wildman–Crippen MR) is 53.1 cm³/mol. The van der Waals surface area contributed by atoms with Crippen molar-refractivity contribution < 1.29 is 10.2 Å². The molecule has 2 rings (SSSR count). The summed E-state index contributed by atoms with van der Waals surface area (Å²) in [5.41, 5.74) is 0. The van der Waals surface area contributed by atoms with Gasteiger partial charge in [0.05, 0.1) is 18.8 Å². The van der Waals surface area contributed by atoms with Gasteiger partial charge < -0.3 is 15.1 Å². The van der Waals surface area contributed by atoms with Crippen LogP contribution < -0.4 is 4.90 Å². The van der Waals surface area contributed by atoms with E-state index in [0.717, 1.165) is 5.82 Å². The van der Waals surface area contributed by atoms with Gasteiger partial charge in [0.15, 0.2) is 0 Å². The van der Waals surface area contributed by atoms with Gasteiger partial charge >= 0.3 is 0 Å². The summed E-state index contributed by atoms with van der Waals surface area (Å²) in [6, 6.07) is 5.64. The summed E-state index contributed by atoms with van der Waals surface area (Å²) in [5.74, 6) is 0.822. The first-order valence-corrected chi connectivity index (χ1v) is 4.78. The van der Waals surface area contributed by atoms with Crippen LogP contribution in [0.5, 0.6) is 0 Å². The highest BCUT2D eigenvalue weighted by Crippen LogP contribution is 2.23. The Labute approximate surface area is 82.8 Å². The number of hydrogen-bond acceptors (Lipinski definition) is 4. The molecule has 76 valence electrons. The lowest BCUT2D eigenvalue weighted by molar-refractivity contribution is 0.184. The Hall–Kier alpha value is -1.13. The minimum atomic E-state index is -0.353. The van der Waals surface area contributed by atoms with Crippen molar-refractivity contribution in [3.05, 3.63) is 24.4 Å². The molecular formula is C10H14N2O2. The zero-order valence-corrected chi connectivity index (χ0v) is 7.87. The van der Waals surface area contributed by atoms with Crippen LogP contribution in [0.1, 0.15) is 6.42 Å². The predicted octanol–water partition coefficient (Wildman–Crippen LogP) is 0.0135. The molecule has 0 bridgehead atoms. The van der Waals surface area contributed by atoms with Gasteiger partial charge in [-0.2, -0.15) is 0 Å². The Morgan fingerprint density at radius 1 is 1.50 bits per heavy atom. The zero-order valence-electron chi connectivity index (χ0n) is 7.87. The van der Waals surface area contributed by atoms with Crippen LogP contribution in [0.4, 0.5) is 5.82 Å². The van der Waals surface area contributed by atoms with Gasteiger partial charge in [-0.15, -0.1) is 0 Å². The van der Waals surface area contributed by atoms with Crippen molar-refractivity contribution in [2.45, 2.75) is 18.6 Å². The molecule has 1 saturated heterocycles. The Morgan fingerprint density at radius 2 is 2.36 bits per heavy atom. The average molecular weight is 194 g/mol. The second-order valence-corrected chi connectivity index (χ2v) is 3.57. The van der Waals surface area contributed by atoms with Crippen LogP contribution in [0.25, 0.3) is 0 Å². The number of β-amino-alcohol motifs (C(OH)–C–C–N with tert-alkyl or cyclic N) is 1. The average Bonchev–Trinajstić information content (AvgIpc) is 2.61. The highest BCUT2D eigenvalue weighted by atomic mass is 16.3. The molecule has 1 aromatic heterocycles. The first kappa shape index (κ1) is 9.43. The molecule has 2 N–H and O–H groups in total. The molecule has 0 aliphatic carbocycles. The van der Waals surface area contributed by atoms with E-state index in [2.05, 4.69) is 4.98 Å². The third-order valence-corrected chi connectivity index (χ3v) is 2.55. The summed E-state index contributed by atoms with van der Waals surface area (Å²) < 4.78 is 0. The summed E-state index contributed by atoms with van der Waals surface area (Å²) in [7, 11) is 0. The Kier molecular flexibility index (Phi) is 2.65.